The Morgan fingerprint density at radius 2 is 2.00 bits per heavy atom. The molecule has 1 unspecified atom stereocenters. The van der Waals surface area contributed by atoms with Crippen molar-refractivity contribution in [2.45, 2.75) is 19.1 Å². The molecule has 3 nitrogen and oxygen atoms in total. The van der Waals surface area contributed by atoms with Gasteiger partial charge in [0.05, 0.1) is 0 Å². The van der Waals surface area contributed by atoms with Crippen molar-refractivity contribution in [2.24, 2.45) is 5.41 Å². The predicted molar refractivity (Wildman–Crippen MR) is 72.0 cm³/mol. The zero-order valence-electron chi connectivity index (χ0n) is 10.6. The summed E-state index contributed by atoms with van der Waals surface area (Å²) in [5, 5.41) is 5.01. The maximum absolute atomic E-state index is 13.1. The number of halogens is 4. The van der Waals surface area contributed by atoms with Crippen LogP contribution in [0.3, 0.4) is 0 Å². The molecule has 0 spiro atoms. The van der Waals surface area contributed by atoms with E-state index in [0.717, 1.165) is 10.0 Å². The molecule has 2 rings (SSSR count). The first-order chi connectivity index (χ1) is 9.35. The number of carbonyl (C=O) groups excluding carboxylic acids is 1. The summed E-state index contributed by atoms with van der Waals surface area (Å²) in [4.78, 5) is 12.0. The summed E-state index contributed by atoms with van der Waals surface area (Å²) in [6.45, 7) is -0.0716. The summed E-state index contributed by atoms with van der Waals surface area (Å²) in [6.07, 6.45) is -4.76. The molecule has 110 valence electrons. The summed E-state index contributed by atoms with van der Waals surface area (Å²) in [6, 6.07) is 7.05. The highest BCUT2D eigenvalue weighted by molar-refractivity contribution is 9.10. The summed E-state index contributed by atoms with van der Waals surface area (Å²) in [5.74, 6) is -0.960. The Balaban J connectivity index is 2.05. The van der Waals surface area contributed by atoms with E-state index < -0.39 is 17.5 Å². The molecule has 1 atom stereocenters. The Morgan fingerprint density at radius 1 is 1.35 bits per heavy atom. The normalized spacial score (nSPS) is 22.8. The van der Waals surface area contributed by atoms with Crippen LogP contribution in [0.25, 0.3) is 0 Å². The van der Waals surface area contributed by atoms with Crippen molar-refractivity contribution in [2.75, 3.05) is 13.1 Å². The zero-order valence-corrected chi connectivity index (χ0v) is 12.1. The van der Waals surface area contributed by atoms with Gasteiger partial charge in [-0.1, -0.05) is 28.1 Å². The minimum atomic E-state index is -4.54. The van der Waals surface area contributed by atoms with Gasteiger partial charge in [0.1, 0.15) is 0 Å². The van der Waals surface area contributed by atoms with Crippen LogP contribution in [0.1, 0.15) is 12.0 Å². The van der Waals surface area contributed by atoms with Gasteiger partial charge in [-0.25, -0.2) is 0 Å². The van der Waals surface area contributed by atoms with Gasteiger partial charge in [-0.05, 0) is 30.7 Å². The molecule has 1 aromatic rings. The van der Waals surface area contributed by atoms with E-state index in [1.54, 1.807) is 24.3 Å². The van der Waals surface area contributed by atoms with Crippen LogP contribution in [0.5, 0.6) is 0 Å². The first-order valence-corrected chi connectivity index (χ1v) is 6.95. The molecule has 0 aromatic heterocycles. The third-order valence-corrected chi connectivity index (χ3v) is 4.03. The van der Waals surface area contributed by atoms with E-state index in [1.165, 1.54) is 0 Å². The standard InChI is InChI=1S/C13H14BrF3N2O/c14-10-3-1-9(2-4-10)7-19-11(20)12(13(15,16)17)5-6-18-8-12/h1-4,18H,5-8H2,(H,19,20). The molecule has 1 fully saturated rings. The minimum Gasteiger partial charge on any atom is -0.351 e. The number of nitrogens with one attached hydrogen (secondary N) is 2. The van der Waals surface area contributed by atoms with Crippen LogP contribution in [0.4, 0.5) is 13.2 Å². The molecule has 1 aliphatic rings. The van der Waals surface area contributed by atoms with Gasteiger partial charge in [0, 0.05) is 17.6 Å². The number of hydrogen-bond donors (Lipinski definition) is 2. The highest BCUT2D eigenvalue weighted by atomic mass is 79.9. The van der Waals surface area contributed by atoms with E-state index in [4.69, 9.17) is 0 Å². The number of hydrogen-bond acceptors (Lipinski definition) is 2. The molecule has 7 heteroatoms. The SMILES string of the molecule is O=C(NCc1ccc(Br)cc1)C1(C(F)(F)F)CCNC1. The molecule has 0 aliphatic carbocycles. The monoisotopic (exact) mass is 350 g/mol. The summed E-state index contributed by atoms with van der Waals surface area (Å²) < 4.78 is 40.3. The van der Waals surface area contributed by atoms with Gasteiger partial charge in [0.2, 0.25) is 5.91 Å². The Kier molecular flexibility index (Phi) is 4.39. The van der Waals surface area contributed by atoms with E-state index in [9.17, 15) is 18.0 Å². The van der Waals surface area contributed by atoms with Crippen LogP contribution < -0.4 is 10.6 Å². The van der Waals surface area contributed by atoms with Gasteiger partial charge in [-0.15, -0.1) is 0 Å². The van der Waals surface area contributed by atoms with Crippen LogP contribution in [-0.4, -0.2) is 25.2 Å². The average molecular weight is 351 g/mol. The second-order valence-electron chi connectivity index (χ2n) is 4.82. The second kappa shape index (κ2) is 5.73. The third kappa shape index (κ3) is 2.98. The quantitative estimate of drug-likeness (QED) is 0.879. The van der Waals surface area contributed by atoms with Crippen LogP contribution in [0.2, 0.25) is 0 Å². The molecule has 1 heterocycles. The lowest BCUT2D eigenvalue weighted by molar-refractivity contribution is -0.216. The maximum Gasteiger partial charge on any atom is 0.404 e. The van der Waals surface area contributed by atoms with Crippen LogP contribution in [0, 0.1) is 5.41 Å². The topological polar surface area (TPSA) is 41.1 Å². The lowest BCUT2D eigenvalue weighted by Gasteiger charge is -2.29. The fourth-order valence-corrected chi connectivity index (χ4v) is 2.47. The van der Waals surface area contributed by atoms with E-state index >= 15 is 0 Å². The Hall–Kier alpha value is -1.08. The van der Waals surface area contributed by atoms with Gasteiger partial charge >= 0.3 is 6.18 Å². The van der Waals surface area contributed by atoms with Crippen molar-refractivity contribution in [3.63, 3.8) is 0 Å². The molecule has 0 bridgehead atoms. The predicted octanol–water partition coefficient (Wildman–Crippen LogP) is 2.61. The number of benzene rings is 1. The fourth-order valence-electron chi connectivity index (χ4n) is 2.21. The number of carbonyl (C=O) groups is 1. The average Bonchev–Trinajstić information content (AvgIpc) is 2.88. The fraction of sp³-hybridized carbons (Fsp3) is 0.462. The molecule has 0 saturated carbocycles. The molecular formula is C13H14BrF3N2O. The number of alkyl halides is 3. The van der Waals surface area contributed by atoms with Crippen molar-refractivity contribution >= 4 is 21.8 Å². The Labute approximate surface area is 123 Å². The largest absolute Gasteiger partial charge is 0.404 e. The van der Waals surface area contributed by atoms with Crippen LogP contribution >= 0.6 is 15.9 Å². The van der Waals surface area contributed by atoms with E-state index in [1.807, 2.05) is 0 Å². The van der Waals surface area contributed by atoms with Gasteiger partial charge in [-0.2, -0.15) is 13.2 Å². The van der Waals surface area contributed by atoms with Gasteiger partial charge in [0.25, 0.3) is 0 Å². The first kappa shape index (κ1) is 15.3. The van der Waals surface area contributed by atoms with Gasteiger partial charge < -0.3 is 10.6 Å². The lowest BCUT2D eigenvalue weighted by Crippen LogP contribution is -2.52. The molecule has 1 amide bonds. The van der Waals surface area contributed by atoms with Crippen molar-refractivity contribution < 1.29 is 18.0 Å². The van der Waals surface area contributed by atoms with Crippen molar-refractivity contribution in [1.82, 2.24) is 10.6 Å². The molecule has 1 aliphatic heterocycles. The number of amides is 1. The molecule has 2 N–H and O–H groups in total. The molecule has 1 saturated heterocycles. The van der Waals surface area contributed by atoms with Gasteiger partial charge in [0.15, 0.2) is 5.41 Å². The van der Waals surface area contributed by atoms with Crippen molar-refractivity contribution in [1.29, 1.82) is 0 Å². The number of rotatable bonds is 3. The molecular weight excluding hydrogens is 337 g/mol. The van der Waals surface area contributed by atoms with Crippen LogP contribution in [-0.2, 0) is 11.3 Å². The summed E-state index contributed by atoms with van der Waals surface area (Å²) in [7, 11) is 0. The van der Waals surface area contributed by atoms with E-state index in [0.29, 0.717) is 0 Å². The van der Waals surface area contributed by atoms with E-state index in [-0.39, 0.29) is 26.1 Å². The highest BCUT2D eigenvalue weighted by Gasteiger charge is 2.61. The van der Waals surface area contributed by atoms with Gasteiger partial charge in [-0.3, -0.25) is 4.79 Å². The first-order valence-electron chi connectivity index (χ1n) is 6.15. The Morgan fingerprint density at radius 3 is 2.50 bits per heavy atom. The van der Waals surface area contributed by atoms with E-state index in [2.05, 4.69) is 26.6 Å². The maximum atomic E-state index is 13.1. The lowest BCUT2D eigenvalue weighted by atomic mass is 9.85. The van der Waals surface area contributed by atoms with Crippen molar-refractivity contribution in [3.8, 4) is 0 Å². The molecule has 20 heavy (non-hydrogen) atoms. The minimum absolute atomic E-state index is 0.0872. The highest BCUT2D eigenvalue weighted by Crippen LogP contribution is 2.43. The van der Waals surface area contributed by atoms with Crippen LogP contribution in [0.15, 0.2) is 28.7 Å². The molecule has 0 radical (unpaired) electrons. The second-order valence-corrected chi connectivity index (χ2v) is 5.73. The Bertz CT molecular complexity index is 481. The molecule has 1 aromatic carbocycles. The smallest absolute Gasteiger partial charge is 0.351 e. The van der Waals surface area contributed by atoms with Crippen molar-refractivity contribution in [3.05, 3.63) is 34.3 Å². The summed E-state index contributed by atoms with van der Waals surface area (Å²) in [5.41, 5.74) is -1.55. The summed E-state index contributed by atoms with van der Waals surface area (Å²) >= 11 is 3.27. The zero-order chi connectivity index (χ0) is 14.8. The third-order valence-electron chi connectivity index (χ3n) is 3.50.